The minimum absolute atomic E-state index is 0.183. The second-order valence-electron chi connectivity index (χ2n) is 9.93. The second kappa shape index (κ2) is 13.6. The lowest BCUT2D eigenvalue weighted by atomic mass is 9.95. The Morgan fingerprint density at radius 2 is 2.05 bits per heavy atom. The highest BCUT2D eigenvalue weighted by molar-refractivity contribution is 7.11. The van der Waals surface area contributed by atoms with Crippen molar-refractivity contribution in [2.75, 3.05) is 19.7 Å². The summed E-state index contributed by atoms with van der Waals surface area (Å²) >= 11 is 7.90. The van der Waals surface area contributed by atoms with Gasteiger partial charge in [0, 0.05) is 40.6 Å². The van der Waals surface area contributed by atoms with Crippen LogP contribution in [0.1, 0.15) is 60.2 Å². The summed E-state index contributed by atoms with van der Waals surface area (Å²) in [6.07, 6.45) is 5.01. The molecule has 37 heavy (non-hydrogen) atoms. The number of aliphatic carboxylic acids is 1. The number of aromatic nitrogens is 1. The molecule has 0 radical (unpaired) electrons. The summed E-state index contributed by atoms with van der Waals surface area (Å²) in [5.41, 5.74) is 9.09. The molecule has 4 atom stereocenters. The molecule has 204 valence electrons. The third-order valence-corrected chi connectivity index (χ3v) is 8.62. The van der Waals surface area contributed by atoms with E-state index in [0.29, 0.717) is 30.8 Å². The van der Waals surface area contributed by atoms with E-state index >= 15 is 0 Å². The van der Waals surface area contributed by atoms with E-state index in [1.165, 1.54) is 21.6 Å². The largest absolute Gasteiger partial charge is 0.480 e. The molecule has 1 aliphatic rings. The lowest BCUT2D eigenvalue weighted by Gasteiger charge is -2.44. The van der Waals surface area contributed by atoms with Gasteiger partial charge in [-0.25, -0.2) is 10.8 Å². The van der Waals surface area contributed by atoms with Crippen molar-refractivity contribution >= 4 is 28.9 Å². The highest BCUT2D eigenvalue weighted by atomic mass is 35.5. The molecule has 1 aromatic carbocycles. The van der Waals surface area contributed by atoms with Crippen molar-refractivity contribution in [3.8, 4) is 0 Å². The van der Waals surface area contributed by atoms with Gasteiger partial charge in [0.25, 0.3) is 0 Å². The maximum absolute atomic E-state index is 11.0. The summed E-state index contributed by atoms with van der Waals surface area (Å²) in [7, 11) is 0. The molecular weight excluding hydrogens is 510 g/mol. The summed E-state index contributed by atoms with van der Waals surface area (Å²) < 4.78 is 6.19. The summed E-state index contributed by atoms with van der Waals surface area (Å²) in [5, 5.41) is 12.0. The van der Waals surface area contributed by atoms with E-state index in [2.05, 4.69) is 44.7 Å². The second-order valence-corrected chi connectivity index (χ2v) is 11.6. The fourth-order valence-corrected chi connectivity index (χ4v) is 5.92. The molecule has 1 aliphatic heterocycles. The molecule has 0 spiro atoms. The van der Waals surface area contributed by atoms with Gasteiger partial charge in [-0.2, -0.15) is 0 Å². The maximum Gasteiger partial charge on any atom is 0.324 e. The monoisotopic (exact) mass is 549 g/mol. The Morgan fingerprint density at radius 3 is 2.65 bits per heavy atom. The van der Waals surface area contributed by atoms with Gasteiger partial charge < -0.3 is 20.6 Å². The third-order valence-electron chi connectivity index (χ3n) is 7.06. The van der Waals surface area contributed by atoms with Crippen molar-refractivity contribution in [3.63, 3.8) is 0 Å². The van der Waals surface area contributed by atoms with Crippen LogP contribution >= 0.6 is 22.9 Å². The third kappa shape index (κ3) is 8.41. The first-order valence-electron chi connectivity index (χ1n) is 12.8. The van der Waals surface area contributed by atoms with E-state index in [0.717, 1.165) is 41.4 Å². The quantitative estimate of drug-likeness (QED) is 0.262. The van der Waals surface area contributed by atoms with Crippen LogP contribution in [0.15, 0.2) is 36.2 Å². The van der Waals surface area contributed by atoms with Crippen molar-refractivity contribution in [1.29, 1.82) is 0 Å². The predicted molar refractivity (Wildman–Crippen MR) is 150 cm³/mol. The number of carbonyl (C=O) groups is 1. The molecule has 0 aliphatic carbocycles. The zero-order valence-corrected chi connectivity index (χ0v) is 23.8. The summed E-state index contributed by atoms with van der Waals surface area (Å²) in [4.78, 5) is 19.6. The van der Waals surface area contributed by atoms with Crippen molar-refractivity contribution in [2.45, 2.75) is 77.5 Å². The van der Waals surface area contributed by atoms with Crippen molar-refractivity contribution in [2.24, 2.45) is 11.6 Å². The SMILES string of the molecule is CCC(CCC(C)c1nc(C)c(C)s1)N1C[C@H](/C(N)=C/N(N)CC(=O)O)OC[C@@H]1Cc1ccc(Cl)cc1. The average molecular weight is 550 g/mol. The lowest BCUT2D eigenvalue weighted by molar-refractivity contribution is -0.137. The number of morpholine rings is 1. The number of ether oxygens (including phenoxy) is 1. The zero-order chi connectivity index (χ0) is 27.1. The molecule has 10 heteroatoms. The van der Waals surface area contributed by atoms with E-state index in [1.54, 1.807) is 11.3 Å². The molecule has 2 heterocycles. The Morgan fingerprint density at radius 1 is 1.35 bits per heavy atom. The molecule has 8 nitrogen and oxygen atoms in total. The van der Waals surface area contributed by atoms with Gasteiger partial charge in [0.1, 0.15) is 12.6 Å². The van der Waals surface area contributed by atoms with Crippen LogP contribution in [0.4, 0.5) is 0 Å². The number of thiazole rings is 1. The fourth-order valence-electron chi connectivity index (χ4n) is 4.79. The number of carboxylic acid groups (broad SMARTS) is 1. The van der Waals surface area contributed by atoms with Gasteiger partial charge >= 0.3 is 5.97 Å². The van der Waals surface area contributed by atoms with Crippen LogP contribution < -0.4 is 11.6 Å². The van der Waals surface area contributed by atoms with Crippen LogP contribution in [0.5, 0.6) is 0 Å². The number of nitrogens with two attached hydrogens (primary N) is 2. The number of carboxylic acids is 1. The highest BCUT2D eigenvalue weighted by Crippen LogP contribution is 2.31. The number of hydrogen-bond donors (Lipinski definition) is 3. The van der Waals surface area contributed by atoms with Crippen LogP contribution in [0.3, 0.4) is 0 Å². The number of benzene rings is 1. The number of halogens is 1. The van der Waals surface area contributed by atoms with E-state index in [-0.39, 0.29) is 18.7 Å². The van der Waals surface area contributed by atoms with Crippen molar-refractivity contribution in [1.82, 2.24) is 14.9 Å². The van der Waals surface area contributed by atoms with Gasteiger partial charge in [0.05, 0.1) is 23.0 Å². The maximum atomic E-state index is 11.0. The van der Waals surface area contributed by atoms with Crippen LogP contribution in [-0.4, -0.2) is 63.9 Å². The molecule has 3 rings (SSSR count). The van der Waals surface area contributed by atoms with Gasteiger partial charge in [-0.15, -0.1) is 11.3 Å². The van der Waals surface area contributed by atoms with Gasteiger partial charge in [0.2, 0.25) is 0 Å². The first kappa shape index (κ1) is 29.4. The normalized spacial score (nSPS) is 20.5. The van der Waals surface area contributed by atoms with E-state index in [9.17, 15) is 4.79 Å². The lowest BCUT2D eigenvalue weighted by Crippen LogP contribution is -2.56. The molecule has 2 unspecified atom stereocenters. The van der Waals surface area contributed by atoms with Gasteiger partial charge in [0.15, 0.2) is 0 Å². The van der Waals surface area contributed by atoms with Crippen LogP contribution in [-0.2, 0) is 16.0 Å². The molecule has 2 aromatic rings. The van der Waals surface area contributed by atoms with Gasteiger partial charge in [-0.05, 0) is 57.2 Å². The molecule has 1 fully saturated rings. The Kier molecular flexibility index (Phi) is 10.8. The zero-order valence-electron chi connectivity index (χ0n) is 22.2. The predicted octanol–water partition coefficient (Wildman–Crippen LogP) is 4.45. The Balaban J connectivity index is 1.76. The van der Waals surface area contributed by atoms with E-state index in [1.807, 2.05) is 12.1 Å². The van der Waals surface area contributed by atoms with Crippen LogP contribution in [0.25, 0.3) is 0 Å². The number of hydrogen-bond acceptors (Lipinski definition) is 8. The minimum Gasteiger partial charge on any atom is -0.480 e. The molecule has 5 N–H and O–H groups in total. The average Bonchev–Trinajstić information content (AvgIpc) is 3.19. The standard InChI is InChI=1S/C27H40ClN5O3S/c1-5-22(11-6-17(2)27-31-18(3)19(4)37-27)33-14-25(24(29)13-32(30)15-26(34)35)36-16-23(33)12-20-7-9-21(28)10-8-20/h7-10,13,17,22-23,25H,5-6,11-12,14-16,29-30H2,1-4H3,(H,34,35)/b24-13-/t17?,22?,23-,25+/m0/s1. The Hall–Kier alpha value is -2.17. The van der Waals surface area contributed by atoms with Crippen molar-refractivity contribution < 1.29 is 14.6 Å². The van der Waals surface area contributed by atoms with Crippen molar-refractivity contribution in [3.05, 3.63) is 62.3 Å². The first-order valence-corrected chi connectivity index (χ1v) is 14.0. The number of hydrazine groups is 1. The Bertz CT molecular complexity index is 1040. The fraction of sp³-hybridized carbons (Fsp3) is 0.556. The topological polar surface area (TPSA) is 118 Å². The highest BCUT2D eigenvalue weighted by Gasteiger charge is 2.34. The number of aryl methyl sites for hydroxylation is 2. The molecule has 0 amide bonds. The van der Waals surface area contributed by atoms with Gasteiger partial charge in [-0.1, -0.05) is 37.6 Å². The molecular formula is C27H40ClN5O3S. The van der Waals surface area contributed by atoms with E-state index in [4.69, 9.17) is 38.0 Å². The summed E-state index contributed by atoms with van der Waals surface area (Å²) in [6, 6.07) is 8.50. The van der Waals surface area contributed by atoms with Gasteiger partial charge in [-0.3, -0.25) is 9.69 Å². The minimum atomic E-state index is -1.02. The number of nitrogens with zero attached hydrogens (tertiary/aromatic N) is 3. The first-order chi connectivity index (χ1) is 17.6. The molecule has 0 bridgehead atoms. The van der Waals surface area contributed by atoms with Crippen LogP contribution in [0, 0.1) is 13.8 Å². The molecule has 1 saturated heterocycles. The van der Waals surface area contributed by atoms with Crippen LogP contribution in [0.2, 0.25) is 5.02 Å². The summed E-state index contributed by atoms with van der Waals surface area (Å²) in [5.74, 6) is 5.18. The van der Waals surface area contributed by atoms with E-state index < -0.39 is 5.97 Å². The summed E-state index contributed by atoms with van der Waals surface area (Å²) in [6.45, 7) is 9.49. The molecule has 1 aromatic heterocycles. The molecule has 0 saturated carbocycles. The Labute approximate surface area is 229 Å². The number of rotatable bonds is 12. The smallest absolute Gasteiger partial charge is 0.324 e.